The van der Waals surface area contributed by atoms with E-state index in [9.17, 15) is 4.39 Å². The van der Waals surface area contributed by atoms with Gasteiger partial charge >= 0.3 is 0 Å². The Bertz CT molecular complexity index is 558. The van der Waals surface area contributed by atoms with Crippen molar-refractivity contribution in [2.75, 3.05) is 0 Å². The van der Waals surface area contributed by atoms with Gasteiger partial charge in [0.25, 0.3) is 0 Å². The van der Waals surface area contributed by atoms with Crippen LogP contribution in [0.25, 0.3) is 11.4 Å². The molecule has 0 atom stereocenters. The first-order valence-corrected chi connectivity index (χ1v) is 5.87. The van der Waals surface area contributed by atoms with Gasteiger partial charge in [-0.05, 0) is 31.2 Å². The summed E-state index contributed by atoms with van der Waals surface area (Å²) < 4.78 is 13.0. The highest BCUT2D eigenvalue weighted by Crippen LogP contribution is 2.23. The Morgan fingerprint density at radius 2 is 2.00 bits per heavy atom. The number of aromatic nitrogens is 2. The summed E-state index contributed by atoms with van der Waals surface area (Å²) in [5.74, 6) is 0.355. The number of aryl methyl sites for hydroxylation is 1. The molecule has 0 saturated heterocycles. The van der Waals surface area contributed by atoms with Gasteiger partial charge in [-0.15, -0.1) is 11.6 Å². The van der Waals surface area contributed by atoms with Gasteiger partial charge in [0.2, 0.25) is 0 Å². The van der Waals surface area contributed by atoms with E-state index in [1.807, 2.05) is 13.0 Å². The molecule has 0 bridgehead atoms. The van der Waals surface area contributed by atoms with Crippen molar-refractivity contribution < 1.29 is 4.39 Å². The van der Waals surface area contributed by atoms with Crippen molar-refractivity contribution in [1.29, 1.82) is 0 Å². The summed E-state index contributed by atoms with van der Waals surface area (Å²) in [4.78, 5) is 8.54. The number of alkyl halides is 1. The topological polar surface area (TPSA) is 25.8 Å². The molecule has 0 fully saturated rings. The predicted octanol–water partition coefficient (Wildman–Crippen LogP) is 3.98. The zero-order valence-electron chi connectivity index (χ0n) is 9.04. The molecular formula is C12H9Cl2FN2. The highest BCUT2D eigenvalue weighted by atomic mass is 35.5. The van der Waals surface area contributed by atoms with Gasteiger partial charge in [-0.1, -0.05) is 11.6 Å². The van der Waals surface area contributed by atoms with E-state index in [4.69, 9.17) is 23.2 Å². The van der Waals surface area contributed by atoms with E-state index < -0.39 is 5.82 Å². The van der Waals surface area contributed by atoms with Crippen LogP contribution in [0.5, 0.6) is 0 Å². The Hall–Kier alpha value is -1.19. The maximum atomic E-state index is 13.0. The van der Waals surface area contributed by atoms with E-state index in [1.54, 1.807) is 6.07 Å². The van der Waals surface area contributed by atoms with Crippen molar-refractivity contribution in [3.8, 4) is 11.4 Å². The van der Waals surface area contributed by atoms with Crippen molar-refractivity contribution >= 4 is 23.2 Å². The van der Waals surface area contributed by atoms with Gasteiger partial charge in [-0.3, -0.25) is 0 Å². The van der Waals surface area contributed by atoms with Crippen molar-refractivity contribution in [2.45, 2.75) is 12.8 Å². The SMILES string of the molecule is Cc1cc(CCl)nc(-c2ccc(F)c(Cl)c2)n1. The highest BCUT2D eigenvalue weighted by molar-refractivity contribution is 6.31. The van der Waals surface area contributed by atoms with E-state index in [1.165, 1.54) is 12.1 Å². The van der Waals surface area contributed by atoms with Gasteiger partial charge in [-0.2, -0.15) is 0 Å². The Balaban J connectivity index is 2.52. The molecule has 1 aromatic carbocycles. The molecule has 0 aliphatic carbocycles. The maximum Gasteiger partial charge on any atom is 0.159 e. The van der Waals surface area contributed by atoms with Gasteiger partial charge in [-0.25, -0.2) is 14.4 Å². The molecule has 1 heterocycles. The summed E-state index contributed by atoms with van der Waals surface area (Å²) in [7, 11) is 0. The molecule has 88 valence electrons. The number of hydrogen-bond acceptors (Lipinski definition) is 2. The van der Waals surface area contributed by atoms with Crippen molar-refractivity contribution in [2.24, 2.45) is 0 Å². The van der Waals surface area contributed by atoms with Crippen molar-refractivity contribution in [1.82, 2.24) is 9.97 Å². The van der Waals surface area contributed by atoms with E-state index in [-0.39, 0.29) is 5.02 Å². The van der Waals surface area contributed by atoms with Crippen LogP contribution in [0, 0.1) is 12.7 Å². The summed E-state index contributed by atoms with van der Waals surface area (Å²) >= 11 is 11.5. The molecule has 0 radical (unpaired) electrons. The second-order valence-corrected chi connectivity index (χ2v) is 4.26. The molecule has 0 aliphatic rings. The number of nitrogens with zero attached hydrogens (tertiary/aromatic N) is 2. The number of halogens is 3. The molecule has 2 rings (SSSR count). The lowest BCUT2D eigenvalue weighted by molar-refractivity contribution is 0.628. The van der Waals surface area contributed by atoms with Gasteiger partial charge in [0, 0.05) is 11.3 Å². The fourth-order valence-electron chi connectivity index (χ4n) is 1.47. The van der Waals surface area contributed by atoms with Crippen LogP contribution in [0.3, 0.4) is 0 Å². The first-order valence-electron chi connectivity index (χ1n) is 4.96. The molecule has 0 N–H and O–H groups in total. The van der Waals surface area contributed by atoms with Crippen molar-refractivity contribution in [3.63, 3.8) is 0 Å². The average Bonchev–Trinajstić information content (AvgIpc) is 2.32. The summed E-state index contributed by atoms with van der Waals surface area (Å²) in [5.41, 5.74) is 2.21. The molecule has 0 saturated carbocycles. The lowest BCUT2D eigenvalue weighted by Gasteiger charge is -2.05. The monoisotopic (exact) mass is 270 g/mol. The Labute approximate surface area is 108 Å². The molecule has 1 aromatic heterocycles. The van der Waals surface area contributed by atoms with Crippen LogP contribution in [-0.2, 0) is 5.88 Å². The molecular weight excluding hydrogens is 262 g/mol. The number of hydrogen-bond donors (Lipinski definition) is 0. The zero-order chi connectivity index (χ0) is 12.4. The maximum absolute atomic E-state index is 13.0. The minimum atomic E-state index is -0.458. The Morgan fingerprint density at radius 3 is 2.65 bits per heavy atom. The van der Waals surface area contributed by atoms with Gasteiger partial charge in [0.15, 0.2) is 5.82 Å². The summed E-state index contributed by atoms with van der Waals surface area (Å²) in [6.07, 6.45) is 0. The van der Waals surface area contributed by atoms with E-state index in [0.29, 0.717) is 17.3 Å². The molecule has 0 spiro atoms. The van der Waals surface area contributed by atoms with E-state index in [2.05, 4.69) is 9.97 Å². The first kappa shape index (κ1) is 12.3. The van der Waals surface area contributed by atoms with Crippen LogP contribution in [-0.4, -0.2) is 9.97 Å². The zero-order valence-corrected chi connectivity index (χ0v) is 10.6. The lowest BCUT2D eigenvalue weighted by Crippen LogP contribution is -1.96. The third-order valence-electron chi connectivity index (χ3n) is 2.22. The fraction of sp³-hybridized carbons (Fsp3) is 0.167. The van der Waals surface area contributed by atoms with Gasteiger partial charge < -0.3 is 0 Å². The van der Waals surface area contributed by atoms with Crippen molar-refractivity contribution in [3.05, 3.63) is 46.5 Å². The van der Waals surface area contributed by atoms with Crippen LogP contribution in [0.4, 0.5) is 4.39 Å². The standard InChI is InChI=1S/C12H9Cl2FN2/c1-7-4-9(6-13)17-12(16-7)8-2-3-11(15)10(14)5-8/h2-5H,6H2,1H3. The number of benzene rings is 1. The quantitative estimate of drug-likeness (QED) is 0.772. The van der Waals surface area contributed by atoms with Crippen LogP contribution < -0.4 is 0 Å². The molecule has 0 amide bonds. The molecule has 2 aromatic rings. The molecule has 2 nitrogen and oxygen atoms in total. The smallest absolute Gasteiger partial charge is 0.159 e. The van der Waals surface area contributed by atoms with Crippen LogP contribution in [0.2, 0.25) is 5.02 Å². The molecule has 0 unspecified atom stereocenters. The molecule has 5 heteroatoms. The van der Waals surface area contributed by atoms with Gasteiger partial charge in [0.1, 0.15) is 5.82 Å². The molecule has 0 aliphatic heterocycles. The van der Waals surface area contributed by atoms with Crippen LogP contribution >= 0.6 is 23.2 Å². The fourth-order valence-corrected chi connectivity index (χ4v) is 1.78. The van der Waals surface area contributed by atoms with E-state index in [0.717, 1.165) is 11.4 Å². The minimum absolute atomic E-state index is 0.0556. The lowest BCUT2D eigenvalue weighted by atomic mass is 10.2. The first-order chi connectivity index (χ1) is 8.10. The average molecular weight is 271 g/mol. The highest BCUT2D eigenvalue weighted by Gasteiger charge is 2.07. The summed E-state index contributed by atoms with van der Waals surface area (Å²) in [6, 6.07) is 6.20. The third-order valence-corrected chi connectivity index (χ3v) is 2.79. The number of rotatable bonds is 2. The molecule has 17 heavy (non-hydrogen) atoms. The Morgan fingerprint density at radius 1 is 1.24 bits per heavy atom. The minimum Gasteiger partial charge on any atom is -0.233 e. The summed E-state index contributed by atoms with van der Waals surface area (Å²) in [6.45, 7) is 1.85. The Kier molecular flexibility index (Phi) is 3.60. The second kappa shape index (κ2) is 4.98. The predicted molar refractivity (Wildman–Crippen MR) is 66.7 cm³/mol. The summed E-state index contributed by atoms with van der Waals surface area (Å²) in [5, 5.41) is 0.0556. The van der Waals surface area contributed by atoms with Crippen LogP contribution in [0.1, 0.15) is 11.4 Å². The second-order valence-electron chi connectivity index (χ2n) is 3.59. The van der Waals surface area contributed by atoms with Crippen LogP contribution in [0.15, 0.2) is 24.3 Å². The third kappa shape index (κ3) is 2.73. The normalized spacial score (nSPS) is 10.6. The van der Waals surface area contributed by atoms with Gasteiger partial charge in [0.05, 0.1) is 16.6 Å². The van der Waals surface area contributed by atoms with E-state index >= 15 is 0 Å². The largest absolute Gasteiger partial charge is 0.233 e.